The summed E-state index contributed by atoms with van der Waals surface area (Å²) < 4.78 is 0. The summed E-state index contributed by atoms with van der Waals surface area (Å²) in [5.41, 5.74) is 0. The molecule has 0 spiro atoms. The number of carbonyl (C=O) groups excluding carboxylic acids is 1. The van der Waals surface area contributed by atoms with Gasteiger partial charge in [0.1, 0.15) is 6.04 Å². The summed E-state index contributed by atoms with van der Waals surface area (Å²) in [4.78, 5) is 27.1. The van der Waals surface area contributed by atoms with Crippen LogP contribution in [0.4, 0.5) is 0 Å². The molecular weight excluding hydrogens is 256 g/mol. The van der Waals surface area contributed by atoms with E-state index in [4.69, 9.17) is 5.11 Å². The Hall–Kier alpha value is -1.10. The Morgan fingerprint density at radius 3 is 2.45 bits per heavy atom. The first-order valence-electron chi connectivity index (χ1n) is 7.71. The number of aliphatic carboxylic acids is 1. The SMILES string of the molecule is CC1CCC(N(C)C(=O)CN2CCC[C@@H]2C(=O)O)CC1. The van der Waals surface area contributed by atoms with E-state index in [9.17, 15) is 9.59 Å². The van der Waals surface area contributed by atoms with Crippen molar-refractivity contribution in [1.29, 1.82) is 0 Å². The highest BCUT2D eigenvalue weighted by Gasteiger charge is 2.33. The van der Waals surface area contributed by atoms with E-state index in [1.165, 1.54) is 12.8 Å². The summed E-state index contributed by atoms with van der Waals surface area (Å²) in [6, 6.07) is -0.136. The van der Waals surface area contributed by atoms with Crippen molar-refractivity contribution in [2.24, 2.45) is 5.92 Å². The second-order valence-corrected chi connectivity index (χ2v) is 6.39. The monoisotopic (exact) mass is 282 g/mol. The summed E-state index contributed by atoms with van der Waals surface area (Å²) in [5, 5.41) is 9.15. The Labute approximate surface area is 120 Å². The van der Waals surface area contributed by atoms with Gasteiger partial charge in [-0.1, -0.05) is 6.92 Å². The Morgan fingerprint density at radius 1 is 1.20 bits per heavy atom. The van der Waals surface area contributed by atoms with Gasteiger partial charge >= 0.3 is 5.97 Å². The third-order valence-corrected chi connectivity index (χ3v) is 4.91. The van der Waals surface area contributed by atoms with Crippen LogP contribution in [0.1, 0.15) is 45.4 Å². The van der Waals surface area contributed by atoms with E-state index in [0.717, 1.165) is 31.7 Å². The molecule has 0 radical (unpaired) electrons. The van der Waals surface area contributed by atoms with Gasteiger partial charge in [-0.3, -0.25) is 14.5 Å². The summed E-state index contributed by atoms with van der Waals surface area (Å²) in [5.74, 6) is 0.0341. The fraction of sp³-hybridized carbons (Fsp3) is 0.867. The zero-order valence-electron chi connectivity index (χ0n) is 12.5. The van der Waals surface area contributed by atoms with Crippen molar-refractivity contribution in [3.63, 3.8) is 0 Å². The van der Waals surface area contributed by atoms with Crippen LogP contribution in [0, 0.1) is 5.92 Å². The minimum atomic E-state index is -0.801. The van der Waals surface area contributed by atoms with Crippen LogP contribution >= 0.6 is 0 Å². The van der Waals surface area contributed by atoms with Gasteiger partial charge in [0.05, 0.1) is 6.54 Å². The second kappa shape index (κ2) is 6.57. The first-order chi connectivity index (χ1) is 9.49. The minimum Gasteiger partial charge on any atom is -0.480 e. The van der Waals surface area contributed by atoms with Gasteiger partial charge in [0.25, 0.3) is 0 Å². The normalized spacial score (nSPS) is 31.2. The number of carboxylic acids is 1. The average Bonchev–Trinajstić information content (AvgIpc) is 2.87. The van der Waals surface area contributed by atoms with E-state index in [1.807, 2.05) is 16.8 Å². The third kappa shape index (κ3) is 3.51. The van der Waals surface area contributed by atoms with E-state index >= 15 is 0 Å². The quantitative estimate of drug-likeness (QED) is 0.850. The van der Waals surface area contributed by atoms with Crippen molar-refractivity contribution in [2.45, 2.75) is 57.5 Å². The highest BCUT2D eigenvalue weighted by Crippen LogP contribution is 2.27. The highest BCUT2D eigenvalue weighted by molar-refractivity contribution is 5.80. The van der Waals surface area contributed by atoms with Crippen LogP contribution in [0.3, 0.4) is 0 Å². The molecule has 0 unspecified atom stereocenters. The van der Waals surface area contributed by atoms with E-state index in [-0.39, 0.29) is 12.5 Å². The molecule has 2 fully saturated rings. The molecule has 1 N–H and O–H groups in total. The molecule has 1 atom stereocenters. The van der Waals surface area contributed by atoms with Gasteiger partial charge in [-0.05, 0) is 51.0 Å². The molecule has 20 heavy (non-hydrogen) atoms. The molecule has 2 aliphatic rings. The van der Waals surface area contributed by atoms with E-state index < -0.39 is 12.0 Å². The second-order valence-electron chi connectivity index (χ2n) is 6.39. The van der Waals surface area contributed by atoms with Crippen LogP contribution in [0.25, 0.3) is 0 Å². The van der Waals surface area contributed by atoms with Gasteiger partial charge in [-0.15, -0.1) is 0 Å². The molecule has 5 nitrogen and oxygen atoms in total. The van der Waals surface area contributed by atoms with Gasteiger partial charge in [0.2, 0.25) is 5.91 Å². The predicted molar refractivity (Wildman–Crippen MR) is 76.4 cm³/mol. The lowest BCUT2D eigenvalue weighted by Crippen LogP contribution is -2.47. The number of rotatable bonds is 4. The number of likely N-dealkylation sites (tertiary alicyclic amines) is 1. The van der Waals surface area contributed by atoms with Gasteiger partial charge in [-0.25, -0.2) is 0 Å². The minimum absolute atomic E-state index is 0.0673. The lowest BCUT2D eigenvalue weighted by molar-refractivity contribution is -0.143. The first-order valence-corrected chi connectivity index (χ1v) is 7.71. The lowest BCUT2D eigenvalue weighted by atomic mass is 9.87. The molecule has 0 aromatic carbocycles. The van der Waals surface area contributed by atoms with Crippen molar-refractivity contribution in [3.05, 3.63) is 0 Å². The maximum atomic E-state index is 12.3. The summed E-state index contributed by atoms with van der Waals surface area (Å²) >= 11 is 0. The maximum absolute atomic E-state index is 12.3. The number of likely N-dealkylation sites (N-methyl/N-ethyl adjacent to an activating group) is 1. The van der Waals surface area contributed by atoms with Crippen molar-refractivity contribution < 1.29 is 14.7 Å². The molecule has 0 aromatic heterocycles. The molecule has 1 saturated carbocycles. The molecule has 1 amide bonds. The van der Waals surface area contributed by atoms with Crippen molar-refractivity contribution in [3.8, 4) is 0 Å². The topological polar surface area (TPSA) is 60.9 Å². The Morgan fingerprint density at radius 2 is 1.85 bits per heavy atom. The van der Waals surface area contributed by atoms with Crippen molar-refractivity contribution >= 4 is 11.9 Å². The van der Waals surface area contributed by atoms with Crippen LogP contribution in [-0.4, -0.2) is 59.0 Å². The number of hydrogen-bond donors (Lipinski definition) is 1. The molecular formula is C15H26N2O3. The molecule has 2 rings (SSSR count). The number of nitrogens with zero attached hydrogens (tertiary/aromatic N) is 2. The smallest absolute Gasteiger partial charge is 0.320 e. The van der Waals surface area contributed by atoms with Crippen LogP contribution < -0.4 is 0 Å². The molecule has 114 valence electrons. The summed E-state index contributed by atoms with van der Waals surface area (Å²) in [7, 11) is 1.87. The largest absolute Gasteiger partial charge is 0.480 e. The average molecular weight is 282 g/mol. The van der Waals surface area contributed by atoms with E-state index in [2.05, 4.69) is 6.92 Å². The zero-order valence-corrected chi connectivity index (χ0v) is 12.5. The maximum Gasteiger partial charge on any atom is 0.320 e. The standard InChI is InChI=1S/C15H26N2O3/c1-11-5-7-12(8-6-11)16(2)14(18)10-17-9-3-4-13(17)15(19)20/h11-13H,3-10H2,1-2H3,(H,19,20)/t11?,12?,13-/m1/s1. The van der Waals surface area contributed by atoms with Crippen LogP contribution in [0.2, 0.25) is 0 Å². The number of carboxylic acid groups (broad SMARTS) is 1. The first kappa shape index (κ1) is 15.3. The van der Waals surface area contributed by atoms with Gasteiger partial charge in [-0.2, -0.15) is 0 Å². The lowest BCUT2D eigenvalue weighted by Gasteiger charge is -2.34. The van der Waals surface area contributed by atoms with Gasteiger partial charge in [0, 0.05) is 13.1 Å². The Balaban J connectivity index is 1.86. The molecule has 1 aliphatic heterocycles. The number of amides is 1. The predicted octanol–water partition coefficient (Wildman–Crippen LogP) is 1.57. The van der Waals surface area contributed by atoms with Crippen LogP contribution in [0.5, 0.6) is 0 Å². The summed E-state index contributed by atoms with van der Waals surface area (Å²) in [6.45, 7) is 3.23. The molecule has 0 aromatic rings. The number of hydrogen-bond acceptors (Lipinski definition) is 3. The molecule has 1 heterocycles. The van der Waals surface area contributed by atoms with Gasteiger partial charge < -0.3 is 10.0 Å². The van der Waals surface area contributed by atoms with Crippen molar-refractivity contribution in [2.75, 3.05) is 20.1 Å². The number of carbonyl (C=O) groups is 2. The van der Waals surface area contributed by atoms with E-state index in [0.29, 0.717) is 12.5 Å². The highest BCUT2D eigenvalue weighted by atomic mass is 16.4. The molecule has 0 bridgehead atoms. The van der Waals surface area contributed by atoms with E-state index in [1.54, 1.807) is 0 Å². The van der Waals surface area contributed by atoms with Crippen molar-refractivity contribution in [1.82, 2.24) is 9.80 Å². The zero-order chi connectivity index (χ0) is 14.7. The van der Waals surface area contributed by atoms with Crippen LogP contribution in [0.15, 0.2) is 0 Å². The molecule has 1 saturated heterocycles. The molecule has 1 aliphatic carbocycles. The summed E-state index contributed by atoms with van der Waals surface area (Å²) in [6.07, 6.45) is 6.05. The fourth-order valence-electron chi connectivity index (χ4n) is 3.41. The third-order valence-electron chi connectivity index (χ3n) is 4.91. The van der Waals surface area contributed by atoms with Gasteiger partial charge in [0.15, 0.2) is 0 Å². The molecule has 5 heteroatoms. The Kier molecular flexibility index (Phi) is 5.02. The Bertz CT molecular complexity index is 364. The fourth-order valence-corrected chi connectivity index (χ4v) is 3.41. The van der Waals surface area contributed by atoms with Crippen LogP contribution in [-0.2, 0) is 9.59 Å².